The zero-order valence-corrected chi connectivity index (χ0v) is 21.1. The van der Waals surface area contributed by atoms with Gasteiger partial charge in [0.1, 0.15) is 9.79 Å². The molecule has 0 unspecified atom stereocenters. The highest BCUT2D eigenvalue weighted by Gasteiger charge is 2.42. The molecule has 0 N–H and O–H groups in total. The Labute approximate surface area is 188 Å². The van der Waals surface area contributed by atoms with Crippen molar-refractivity contribution in [2.75, 3.05) is 0 Å². The van der Waals surface area contributed by atoms with E-state index in [0.29, 0.717) is 12.1 Å². The van der Waals surface area contributed by atoms with Gasteiger partial charge in [-0.15, -0.1) is 0 Å². The van der Waals surface area contributed by atoms with Crippen LogP contribution in [0, 0.1) is 0 Å². The lowest BCUT2D eigenvalue weighted by molar-refractivity contribution is -0.0885. The molecule has 7 nitrogen and oxygen atoms in total. The number of hydrogen-bond donors (Lipinski definition) is 0. The Balaban J connectivity index is 4.05. The first kappa shape index (κ1) is 28.5. The summed E-state index contributed by atoms with van der Waals surface area (Å²) in [6, 6.07) is -0.397. The van der Waals surface area contributed by atoms with Crippen LogP contribution in [0.5, 0.6) is 0 Å². The second kappa shape index (κ2) is 9.78. The Kier molecular flexibility index (Phi) is 8.72. The Morgan fingerprint density at radius 1 is 0.719 bits per heavy atom. The average molecular weight is 501 g/mol. The van der Waals surface area contributed by atoms with Gasteiger partial charge in [0.2, 0.25) is 20.0 Å². The number of alkyl halides is 3. The lowest BCUT2D eigenvalue weighted by atomic mass is 10.1. The van der Waals surface area contributed by atoms with E-state index >= 15 is 0 Å². The fraction of sp³-hybridized carbons (Fsp3) is 0.650. The largest absolute Gasteiger partial charge is 0.454 e. The van der Waals surface area contributed by atoms with Crippen molar-refractivity contribution >= 4 is 25.8 Å². The highest BCUT2D eigenvalue weighted by molar-refractivity contribution is 7.92. The third kappa shape index (κ3) is 5.70. The van der Waals surface area contributed by atoms with Gasteiger partial charge in [0.25, 0.3) is 5.78 Å². The van der Waals surface area contributed by atoms with Gasteiger partial charge >= 0.3 is 6.18 Å². The van der Waals surface area contributed by atoms with E-state index < -0.39 is 71.5 Å². The Bertz CT molecular complexity index is 1030. The zero-order valence-electron chi connectivity index (χ0n) is 19.4. The summed E-state index contributed by atoms with van der Waals surface area (Å²) in [4.78, 5) is 10.3. The molecule has 0 spiro atoms. The van der Waals surface area contributed by atoms with Crippen molar-refractivity contribution in [1.82, 2.24) is 8.61 Å². The zero-order chi connectivity index (χ0) is 25.4. The standard InChI is InChI=1S/C20H31F3N2O5S2/c1-12(2)24(13(3)4)31(27,28)17-10-9-16(19(26)20(21,22)23)11-18(17)32(29,30)25(14(5)6)15(7)8/h9-15H,1-8H3. The van der Waals surface area contributed by atoms with E-state index in [0.717, 1.165) is 14.7 Å². The number of Topliss-reactive ketones (excluding diaryl/α,β-unsaturated/α-hetero) is 1. The molecular formula is C20H31F3N2O5S2. The lowest BCUT2D eigenvalue weighted by Gasteiger charge is -2.33. The van der Waals surface area contributed by atoms with E-state index in [1.54, 1.807) is 55.4 Å². The van der Waals surface area contributed by atoms with Crippen LogP contribution in [0.25, 0.3) is 0 Å². The first-order chi connectivity index (χ1) is 14.3. The smallest absolute Gasteiger partial charge is 0.284 e. The van der Waals surface area contributed by atoms with Gasteiger partial charge in [-0.25, -0.2) is 16.8 Å². The number of nitrogens with zero attached hydrogens (tertiary/aromatic N) is 2. The predicted molar refractivity (Wildman–Crippen MR) is 115 cm³/mol. The fourth-order valence-electron chi connectivity index (χ4n) is 3.76. The molecule has 32 heavy (non-hydrogen) atoms. The van der Waals surface area contributed by atoms with Crippen LogP contribution >= 0.6 is 0 Å². The molecule has 0 aliphatic rings. The molecule has 12 heteroatoms. The van der Waals surface area contributed by atoms with Crippen molar-refractivity contribution in [3.05, 3.63) is 23.8 Å². The number of carbonyl (C=O) groups is 1. The molecule has 1 rings (SSSR count). The summed E-state index contributed by atoms with van der Waals surface area (Å²) >= 11 is 0. The second-order valence-corrected chi connectivity index (χ2v) is 12.2. The van der Waals surface area contributed by atoms with E-state index in [-0.39, 0.29) is 0 Å². The third-order valence-electron chi connectivity index (χ3n) is 4.61. The van der Waals surface area contributed by atoms with Gasteiger partial charge < -0.3 is 0 Å². The molecule has 0 amide bonds. The minimum absolute atomic E-state index is 0.509. The van der Waals surface area contributed by atoms with Crippen LogP contribution in [0.15, 0.2) is 28.0 Å². The third-order valence-corrected chi connectivity index (χ3v) is 9.34. The predicted octanol–water partition coefficient (Wildman–Crippen LogP) is 4.05. The van der Waals surface area contributed by atoms with Crippen molar-refractivity contribution < 1.29 is 34.8 Å². The van der Waals surface area contributed by atoms with Gasteiger partial charge in [0.15, 0.2) is 0 Å². The first-order valence-corrected chi connectivity index (χ1v) is 13.0. The van der Waals surface area contributed by atoms with Crippen LogP contribution < -0.4 is 0 Å². The molecule has 0 aliphatic heterocycles. The highest BCUT2D eigenvalue weighted by Crippen LogP contribution is 2.33. The molecule has 184 valence electrons. The van der Waals surface area contributed by atoms with Crippen molar-refractivity contribution in [1.29, 1.82) is 0 Å². The maximum atomic E-state index is 13.5. The van der Waals surface area contributed by atoms with E-state index in [1.807, 2.05) is 0 Å². The van der Waals surface area contributed by atoms with Gasteiger partial charge in [0.05, 0.1) is 0 Å². The van der Waals surface area contributed by atoms with E-state index in [1.165, 1.54) is 0 Å². The average Bonchev–Trinajstić information content (AvgIpc) is 2.57. The number of benzene rings is 1. The van der Waals surface area contributed by atoms with Crippen LogP contribution in [0.4, 0.5) is 13.2 Å². The molecule has 0 bridgehead atoms. The number of halogens is 3. The molecule has 0 saturated heterocycles. The number of rotatable bonds is 9. The molecule has 0 aromatic heterocycles. The number of carbonyl (C=O) groups excluding carboxylic acids is 1. The first-order valence-electron chi connectivity index (χ1n) is 10.1. The summed E-state index contributed by atoms with van der Waals surface area (Å²) in [5.41, 5.74) is -0.955. The van der Waals surface area contributed by atoms with Crippen molar-refractivity contribution in [2.45, 2.75) is 95.5 Å². The maximum Gasteiger partial charge on any atom is 0.454 e. The molecular weight excluding hydrogens is 469 g/mol. The van der Waals surface area contributed by atoms with Gasteiger partial charge in [-0.2, -0.15) is 21.8 Å². The summed E-state index contributed by atoms with van der Waals surface area (Å²) in [7, 11) is -9.03. The molecule has 0 fully saturated rings. The van der Waals surface area contributed by atoms with E-state index in [2.05, 4.69) is 0 Å². The molecule has 0 atom stereocenters. The Hall–Kier alpha value is -1.50. The highest BCUT2D eigenvalue weighted by atomic mass is 32.2. The van der Waals surface area contributed by atoms with Crippen LogP contribution in [0.1, 0.15) is 65.7 Å². The Morgan fingerprint density at radius 3 is 1.38 bits per heavy atom. The van der Waals surface area contributed by atoms with Crippen molar-refractivity contribution in [2.24, 2.45) is 0 Å². The van der Waals surface area contributed by atoms with Crippen LogP contribution in [0.2, 0.25) is 0 Å². The monoisotopic (exact) mass is 500 g/mol. The van der Waals surface area contributed by atoms with Crippen molar-refractivity contribution in [3.63, 3.8) is 0 Å². The molecule has 1 aromatic rings. The SMILES string of the molecule is CC(C)N(C(C)C)S(=O)(=O)c1ccc(C(=O)C(F)(F)F)cc1S(=O)(=O)N(C(C)C)C(C)C. The molecule has 0 radical (unpaired) electrons. The lowest BCUT2D eigenvalue weighted by Crippen LogP contribution is -2.45. The normalized spacial score (nSPS) is 13.9. The molecule has 1 aromatic carbocycles. The Morgan fingerprint density at radius 2 is 1.06 bits per heavy atom. The van der Waals surface area contributed by atoms with Crippen LogP contribution in [0.3, 0.4) is 0 Å². The van der Waals surface area contributed by atoms with Crippen LogP contribution in [-0.2, 0) is 20.0 Å². The van der Waals surface area contributed by atoms with Gasteiger partial charge in [-0.05, 0) is 73.6 Å². The fourth-order valence-corrected chi connectivity index (χ4v) is 8.22. The summed E-state index contributed by atoms with van der Waals surface area (Å²) in [5.74, 6) is -2.26. The maximum absolute atomic E-state index is 13.5. The number of ketones is 1. The summed E-state index contributed by atoms with van der Waals surface area (Å²) in [6.45, 7) is 12.6. The summed E-state index contributed by atoms with van der Waals surface area (Å²) in [6.07, 6.45) is -5.25. The van der Waals surface area contributed by atoms with Crippen LogP contribution in [-0.4, -0.2) is 61.6 Å². The molecule has 0 heterocycles. The van der Waals surface area contributed by atoms with Gasteiger partial charge in [-0.3, -0.25) is 4.79 Å². The van der Waals surface area contributed by atoms with E-state index in [9.17, 15) is 34.8 Å². The minimum atomic E-state index is -5.25. The van der Waals surface area contributed by atoms with Gasteiger partial charge in [0, 0.05) is 29.7 Å². The quantitative estimate of drug-likeness (QED) is 0.477. The van der Waals surface area contributed by atoms with E-state index in [4.69, 9.17) is 0 Å². The second-order valence-electron chi connectivity index (χ2n) is 8.53. The van der Waals surface area contributed by atoms with Gasteiger partial charge in [-0.1, -0.05) is 0 Å². The summed E-state index contributed by atoms with van der Waals surface area (Å²) < 4.78 is 95.1. The minimum Gasteiger partial charge on any atom is -0.284 e. The molecule has 0 saturated carbocycles. The molecule has 0 aliphatic carbocycles. The van der Waals surface area contributed by atoms with Crippen molar-refractivity contribution in [3.8, 4) is 0 Å². The topological polar surface area (TPSA) is 91.8 Å². The number of sulfonamides is 2. The summed E-state index contributed by atoms with van der Waals surface area (Å²) in [5, 5.41) is 0. The number of hydrogen-bond acceptors (Lipinski definition) is 5.